The number of aliphatic carboxylic acids is 1. The molecular formula is C24H38O6. The van der Waals surface area contributed by atoms with Gasteiger partial charge in [0.15, 0.2) is 0 Å². The van der Waals surface area contributed by atoms with E-state index >= 15 is 0 Å². The van der Waals surface area contributed by atoms with Crippen LogP contribution in [0.15, 0.2) is 24.3 Å². The van der Waals surface area contributed by atoms with Crippen molar-refractivity contribution >= 4 is 11.8 Å². The summed E-state index contributed by atoms with van der Waals surface area (Å²) in [4.78, 5) is 22.8. The zero-order chi connectivity index (χ0) is 22.0. The van der Waals surface area contributed by atoms with Crippen LogP contribution in [0.25, 0.3) is 0 Å². The molecule has 30 heavy (non-hydrogen) atoms. The summed E-state index contributed by atoms with van der Waals surface area (Å²) in [5.41, 5.74) is -0.00886. The monoisotopic (exact) mass is 422 g/mol. The minimum absolute atomic E-state index is 0.00886. The highest BCUT2D eigenvalue weighted by Gasteiger charge is 2.42. The molecule has 0 radical (unpaired) electrons. The number of carbonyl (C=O) groups is 2. The first-order valence-corrected chi connectivity index (χ1v) is 11.3. The molecule has 0 aromatic rings. The van der Waals surface area contributed by atoms with Crippen molar-refractivity contribution in [2.45, 2.75) is 82.8 Å². The van der Waals surface area contributed by atoms with Crippen molar-refractivity contribution in [3.63, 3.8) is 0 Å². The van der Waals surface area contributed by atoms with Gasteiger partial charge in [-0.25, -0.2) is 0 Å². The maximum atomic E-state index is 12.3. The summed E-state index contributed by atoms with van der Waals surface area (Å²) in [6, 6.07) is 0. The molecule has 6 nitrogen and oxygen atoms in total. The summed E-state index contributed by atoms with van der Waals surface area (Å²) in [7, 11) is 1.70. The Morgan fingerprint density at radius 3 is 2.67 bits per heavy atom. The number of ketones is 1. The molecule has 2 saturated carbocycles. The zero-order valence-electron chi connectivity index (χ0n) is 18.2. The molecule has 4 atom stereocenters. The van der Waals surface area contributed by atoms with Gasteiger partial charge in [-0.05, 0) is 56.8 Å². The van der Waals surface area contributed by atoms with Crippen molar-refractivity contribution in [1.29, 1.82) is 0 Å². The third-order valence-electron chi connectivity index (χ3n) is 6.85. The molecule has 0 heterocycles. The number of Topliss-reactive ketones (excluding diaryl/α,β-unsaturated/α-hetero) is 1. The number of rotatable bonds is 14. The Morgan fingerprint density at radius 2 is 2.03 bits per heavy atom. The van der Waals surface area contributed by atoms with Crippen LogP contribution in [0, 0.1) is 17.3 Å². The van der Waals surface area contributed by atoms with Crippen LogP contribution in [0.1, 0.15) is 70.6 Å². The molecule has 3 N–H and O–H groups in total. The Labute approximate surface area is 180 Å². The average molecular weight is 423 g/mol. The number of hydrogen-bond acceptors (Lipinski definition) is 5. The lowest BCUT2D eigenvalue weighted by molar-refractivity contribution is -0.137. The highest BCUT2D eigenvalue weighted by molar-refractivity contribution is 5.84. The number of hydrogen-bond donors (Lipinski definition) is 3. The third kappa shape index (κ3) is 7.03. The standard InChI is InChI=1S/C24H38O6/c1-30-16-8-15-24(13-7-14-24)22(27)11-6-10-19-18(20(25)17-21(19)26)9-4-2-3-5-12-23(28)29/h2,4,6,10,18-19,21-22,26-27H,3,5,7-9,11-17H2,1H3,(H,28,29)/b4-2-,10-6+/t18-,19-,21-,22?/m1/s1. The van der Waals surface area contributed by atoms with Gasteiger partial charge >= 0.3 is 5.97 Å². The minimum atomic E-state index is -0.799. The fourth-order valence-corrected chi connectivity index (χ4v) is 4.82. The van der Waals surface area contributed by atoms with Crippen molar-refractivity contribution in [1.82, 2.24) is 0 Å². The molecule has 6 heteroatoms. The van der Waals surface area contributed by atoms with Gasteiger partial charge in [0.1, 0.15) is 5.78 Å². The lowest BCUT2D eigenvalue weighted by Crippen LogP contribution is -2.41. The van der Waals surface area contributed by atoms with Crippen LogP contribution in [-0.2, 0) is 14.3 Å². The number of carboxylic acids is 1. The van der Waals surface area contributed by atoms with Crippen molar-refractivity contribution in [2.24, 2.45) is 17.3 Å². The van der Waals surface area contributed by atoms with E-state index < -0.39 is 18.2 Å². The van der Waals surface area contributed by atoms with Crippen LogP contribution >= 0.6 is 0 Å². The molecule has 0 amide bonds. The number of unbranched alkanes of at least 4 members (excludes halogenated alkanes) is 1. The molecule has 2 aliphatic carbocycles. The Kier molecular flexibility index (Phi) is 10.2. The molecule has 170 valence electrons. The van der Waals surface area contributed by atoms with Crippen LogP contribution < -0.4 is 0 Å². The molecule has 2 aliphatic rings. The van der Waals surface area contributed by atoms with E-state index in [1.54, 1.807) is 7.11 Å². The number of ether oxygens (including phenoxy) is 1. The molecule has 0 saturated heterocycles. The Bertz CT molecular complexity index is 607. The maximum absolute atomic E-state index is 12.3. The molecule has 1 unspecified atom stereocenters. The SMILES string of the molecule is COCCCC1(C(O)C/C=C/[C@H]2[C@H](O)CC(=O)[C@@H]2C/C=C\CCCC(=O)O)CCC1. The van der Waals surface area contributed by atoms with Crippen LogP contribution in [0.5, 0.6) is 0 Å². The second kappa shape index (κ2) is 12.4. The predicted octanol–water partition coefficient (Wildman–Crippen LogP) is 3.66. The highest BCUT2D eigenvalue weighted by atomic mass is 16.5. The lowest BCUT2D eigenvalue weighted by Gasteiger charge is -2.45. The Hall–Kier alpha value is -1.50. The Balaban J connectivity index is 1.84. The second-order valence-electron chi connectivity index (χ2n) is 8.91. The van der Waals surface area contributed by atoms with Gasteiger partial charge in [0.05, 0.1) is 12.2 Å². The molecule has 0 spiro atoms. The van der Waals surface area contributed by atoms with E-state index in [4.69, 9.17) is 9.84 Å². The molecular weight excluding hydrogens is 384 g/mol. The fraction of sp³-hybridized carbons (Fsp3) is 0.750. The van der Waals surface area contributed by atoms with Crippen molar-refractivity contribution in [3.8, 4) is 0 Å². The third-order valence-corrected chi connectivity index (χ3v) is 6.85. The van der Waals surface area contributed by atoms with Crippen molar-refractivity contribution < 1.29 is 29.6 Å². The smallest absolute Gasteiger partial charge is 0.303 e. The largest absolute Gasteiger partial charge is 0.481 e. The maximum Gasteiger partial charge on any atom is 0.303 e. The van der Waals surface area contributed by atoms with Gasteiger partial charge in [-0.15, -0.1) is 0 Å². The molecule has 0 aromatic heterocycles. The number of allylic oxidation sites excluding steroid dienone is 2. The molecule has 0 aliphatic heterocycles. The number of carboxylic acid groups (broad SMARTS) is 1. The Morgan fingerprint density at radius 1 is 1.27 bits per heavy atom. The molecule has 0 aromatic carbocycles. The first kappa shape index (κ1) is 24.8. The first-order valence-electron chi connectivity index (χ1n) is 11.3. The molecule has 2 rings (SSSR count). The summed E-state index contributed by atoms with van der Waals surface area (Å²) < 4.78 is 5.15. The van der Waals surface area contributed by atoms with Gasteiger partial charge in [0.2, 0.25) is 0 Å². The van der Waals surface area contributed by atoms with Crippen LogP contribution in [0.3, 0.4) is 0 Å². The van der Waals surface area contributed by atoms with Crippen LogP contribution in [-0.4, -0.2) is 53.0 Å². The van der Waals surface area contributed by atoms with Gasteiger partial charge < -0.3 is 20.1 Å². The number of aliphatic hydroxyl groups is 2. The number of carbonyl (C=O) groups excluding carboxylic acids is 1. The lowest BCUT2D eigenvalue weighted by atomic mass is 9.62. The number of methoxy groups -OCH3 is 1. The summed E-state index contributed by atoms with van der Waals surface area (Å²) >= 11 is 0. The highest BCUT2D eigenvalue weighted by Crippen LogP contribution is 2.48. The van der Waals surface area contributed by atoms with Gasteiger partial charge in [-0.2, -0.15) is 0 Å². The normalized spacial score (nSPS) is 27.0. The predicted molar refractivity (Wildman–Crippen MR) is 115 cm³/mol. The van der Waals surface area contributed by atoms with Crippen LogP contribution in [0.2, 0.25) is 0 Å². The van der Waals surface area contributed by atoms with Gasteiger partial charge in [0.25, 0.3) is 0 Å². The summed E-state index contributed by atoms with van der Waals surface area (Å²) in [5.74, 6) is -1.20. The van der Waals surface area contributed by atoms with E-state index in [2.05, 4.69) is 0 Å². The van der Waals surface area contributed by atoms with E-state index in [1.807, 2.05) is 24.3 Å². The van der Waals surface area contributed by atoms with Crippen LogP contribution in [0.4, 0.5) is 0 Å². The van der Waals surface area contributed by atoms with E-state index in [-0.39, 0.29) is 35.9 Å². The molecule has 0 bridgehead atoms. The first-order chi connectivity index (χ1) is 14.4. The fourth-order valence-electron chi connectivity index (χ4n) is 4.82. The topological polar surface area (TPSA) is 104 Å². The van der Waals surface area contributed by atoms with E-state index in [1.165, 1.54) is 0 Å². The van der Waals surface area contributed by atoms with Gasteiger partial charge in [-0.1, -0.05) is 30.7 Å². The quantitative estimate of drug-likeness (QED) is 0.292. The second-order valence-corrected chi connectivity index (χ2v) is 8.91. The van der Waals surface area contributed by atoms with E-state index in [0.717, 1.165) is 32.1 Å². The van der Waals surface area contributed by atoms with Crippen molar-refractivity contribution in [3.05, 3.63) is 24.3 Å². The minimum Gasteiger partial charge on any atom is -0.481 e. The summed E-state index contributed by atoms with van der Waals surface area (Å²) in [5, 5.41) is 29.7. The van der Waals surface area contributed by atoms with E-state index in [0.29, 0.717) is 32.3 Å². The zero-order valence-corrected chi connectivity index (χ0v) is 18.2. The summed E-state index contributed by atoms with van der Waals surface area (Å²) in [6.07, 6.45) is 14.5. The molecule has 2 fully saturated rings. The summed E-state index contributed by atoms with van der Waals surface area (Å²) in [6.45, 7) is 0.714. The average Bonchev–Trinajstić information content (AvgIpc) is 2.93. The van der Waals surface area contributed by atoms with Crippen molar-refractivity contribution in [2.75, 3.05) is 13.7 Å². The van der Waals surface area contributed by atoms with Gasteiger partial charge in [0, 0.05) is 38.4 Å². The van der Waals surface area contributed by atoms with Gasteiger partial charge in [-0.3, -0.25) is 9.59 Å². The van der Waals surface area contributed by atoms with E-state index in [9.17, 15) is 19.8 Å². The number of aliphatic hydroxyl groups excluding tert-OH is 2.